The minimum Gasteiger partial charge on any atom is -0.338 e. The number of hydrogen-bond acceptors (Lipinski definition) is 5. The zero-order valence-corrected chi connectivity index (χ0v) is 22.4. The van der Waals surface area contributed by atoms with E-state index in [0.29, 0.717) is 24.2 Å². The molecule has 0 bridgehead atoms. The molecule has 2 saturated carbocycles. The Labute approximate surface area is 228 Å². The molecule has 2 amide bonds. The van der Waals surface area contributed by atoms with Crippen LogP contribution in [-0.4, -0.2) is 25.8 Å². The topological polar surface area (TPSA) is 119 Å². The third kappa shape index (κ3) is 4.47. The van der Waals surface area contributed by atoms with Gasteiger partial charge in [0.2, 0.25) is 0 Å². The maximum absolute atomic E-state index is 14.9. The van der Waals surface area contributed by atoms with Gasteiger partial charge in [0.05, 0.1) is 16.9 Å². The molecule has 2 aromatic carbocycles. The first kappa shape index (κ1) is 25.6. The van der Waals surface area contributed by atoms with Crippen LogP contribution in [0.1, 0.15) is 42.9 Å². The van der Waals surface area contributed by atoms with Crippen molar-refractivity contribution in [2.45, 2.75) is 51.6 Å². The minimum atomic E-state index is -0.580. The van der Waals surface area contributed by atoms with E-state index in [1.807, 2.05) is 0 Å². The van der Waals surface area contributed by atoms with Gasteiger partial charge < -0.3 is 16.0 Å². The van der Waals surface area contributed by atoms with Crippen LogP contribution in [0.3, 0.4) is 0 Å². The normalized spacial score (nSPS) is 14.8. The summed E-state index contributed by atoms with van der Waals surface area (Å²) in [6, 6.07) is 10.8. The maximum atomic E-state index is 14.9. The van der Waals surface area contributed by atoms with Gasteiger partial charge in [-0.2, -0.15) is 0 Å². The van der Waals surface area contributed by atoms with Crippen LogP contribution in [0.15, 0.2) is 56.8 Å². The van der Waals surface area contributed by atoms with Crippen molar-refractivity contribution < 1.29 is 9.18 Å². The van der Waals surface area contributed by atoms with Crippen LogP contribution < -0.4 is 32.8 Å². The monoisotopic (exact) mass is 544 g/mol. The number of nitrogens with zero attached hydrogens (tertiary/aromatic N) is 3. The lowest BCUT2D eigenvalue weighted by Gasteiger charge is -2.21. The molecule has 4 aromatic rings. The van der Waals surface area contributed by atoms with Crippen LogP contribution in [-0.2, 0) is 7.05 Å². The highest BCUT2D eigenvalue weighted by Crippen LogP contribution is 2.34. The fraction of sp³-hybridized carbons (Fsp3) is 0.310. The number of urea groups is 1. The molecule has 0 radical (unpaired) electrons. The lowest BCUT2D eigenvalue weighted by Crippen LogP contribution is -2.41. The largest absolute Gasteiger partial charge is 0.338 e. The van der Waals surface area contributed by atoms with Crippen LogP contribution >= 0.6 is 0 Å². The predicted octanol–water partition coefficient (Wildman–Crippen LogP) is 3.97. The van der Waals surface area contributed by atoms with Gasteiger partial charge in [-0.25, -0.2) is 14.0 Å². The van der Waals surface area contributed by atoms with E-state index in [4.69, 9.17) is 0 Å². The van der Waals surface area contributed by atoms with Gasteiger partial charge in [-0.3, -0.25) is 23.3 Å². The second kappa shape index (κ2) is 9.51. The van der Waals surface area contributed by atoms with Crippen LogP contribution in [0, 0.1) is 19.7 Å². The number of fused-ring (bicyclic) bond motifs is 1. The van der Waals surface area contributed by atoms with E-state index in [9.17, 15) is 23.6 Å². The van der Waals surface area contributed by atoms with Gasteiger partial charge in [-0.05, 0) is 75.4 Å². The number of carbonyl (C=O) groups is 1. The quantitative estimate of drug-likeness (QED) is 0.340. The molecule has 40 heavy (non-hydrogen) atoms. The molecule has 3 N–H and O–H groups in total. The van der Waals surface area contributed by atoms with E-state index in [1.54, 1.807) is 44.2 Å². The lowest BCUT2D eigenvalue weighted by atomic mass is 10.1. The number of rotatable bonds is 6. The van der Waals surface area contributed by atoms with Crippen LogP contribution in [0.4, 0.5) is 26.4 Å². The van der Waals surface area contributed by atoms with E-state index >= 15 is 0 Å². The summed E-state index contributed by atoms with van der Waals surface area (Å²) in [4.78, 5) is 53.7. The van der Waals surface area contributed by atoms with Crippen LogP contribution in [0.25, 0.3) is 16.6 Å². The number of halogens is 1. The molecule has 0 unspecified atom stereocenters. The van der Waals surface area contributed by atoms with Crippen molar-refractivity contribution in [3.8, 4) is 5.69 Å². The van der Waals surface area contributed by atoms with Crippen molar-refractivity contribution in [3.63, 3.8) is 0 Å². The fourth-order valence-electron chi connectivity index (χ4n) is 5.01. The molecule has 2 fully saturated rings. The van der Waals surface area contributed by atoms with Crippen molar-refractivity contribution in [1.82, 2.24) is 19.0 Å². The summed E-state index contributed by atoms with van der Waals surface area (Å²) in [7, 11) is 1.50. The standard InChI is InChI=1S/C29H29FN6O4/c1-15-7-12-22(21(30)13-15)33-25-23-24(16(2)26(37)34(25)3)35(29(40)36(27(23)38)19-10-11-19)20-6-4-5-18(14-20)32-28(39)31-17-8-9-17/h4-7,12-14,17,19,33H,8-11H2,1-3H3,(H2,31,32,39). The second-order valence-corrected chi connectivity index (χ2v) is 10.6. The smallest absolute Gasteiger partial charge is 0.336 e. The molecule has 2 heterocycles. The molecule has 2 aliphatic carbocycles. The van der Waals surface area contributed by atoms with Gasteiger partial charge in [0.1, 0.15) is 17.0 Å². The Morgan fingerprint density at radius 2 is 1.73 bits per heavy atom. The summed E-state index contributed by atoms with van der Waals surface area (Å²) in [6.07, 6.45) is 3.22. The Balaban J connectivity index is 1.61. The van der Waals surface area contributed by atoms with E-state index in [0.717, 1.165) is 18.4 Å². The van der Waals surface area contributed by atoms with Crippen molar-refractivity contribution in [3.05, 3.63) is 90.6 Å². The number of pyridine rings is 1. The maximum Gasteiger partial charge on any atom is 0.336 e. The van der Waals surface area contributed by atoms with Crippen molar-refractivity contribution in [1.29, 1.82) is 0 Å². The molecular weight excluding hydrogens is 515 g/mol. The summed E-state index contributed by atoms with van der Waals surface area (Å²) >= 11 is 0. The molecular formula is C29H29FN6O4. The van der Waals surface area contributed by atoms with Gasteiger partial charge >= 0.3 is 11.7 Å². The van der Waals surface area contributed by atoms with Crippen LogP contribution in [0.2, 0.25) is 0 Å². The molecule has 6 rings (SSSR count). The Bertz CT molecular complexity index is 1880. The number of anilines is 3. The lowest BCUT2D eigenvalue weighted by molar-refractivity contribution is 0.251. The molecule has 2 aromatic heterocycles. The van der Waals surface area contributed by atoms with Crippen molar-refractivity contribution in [2.75, 3.05) is 10.6 Å². The minimum absolute atomic E-state index is 0.0830. The van der Waals surface area contributed by atoms with E-state index < -0.39 is 22.6 Å². The van der Waals surface area contributed by atoms with Crippen molar-refractivity contribution >= 4 is 34.1 Å². The molecule has 0 atom stereocenters. The van der Waals surface area contributed by atoms with E-state index in [-0.39, 0.29) is 46.1 Å². The number of nitrogens with one attached hydrogen (secondary N) is 3. The summed E-state index contributed by atoms with van der Waals surface area (Å²) in [5.74, 6) is -0.458. The predicted molar refractivity (Wildman–Crippen MR) is 152 cm³/mol. The van der Waals surface area contributed by atoms with Gasteiger partial charge in [0, 0.05) is 30.4 Å². The Kier molecular flexibility index (Phi) is 6.09. The highest BCUT2D eigenvalue weighted by molar-refractivity contribution is 5.94. The number of aryl methyl sites for hydroxylation is 2. The first-order chi connectivity index (χ1) is 19.1. The van der Waals surface area contributed by atoms with Crippen LogP contribution in [0.5, 0.6) is 0 Å². The average molecular weight is 545 g/mol. The highest BCUT2D eigenvalue weighted by atomic mass is 19.1. The summed E-state index contributed by atoms with van der Waals surface area (Å²) in [5, 5.41) is 8.70. The number of aromatic nitrogens is 3. The third-order valence-corrected chi connectivity index (χ3v) is 7.41. The molecule has 0 spiro atoms. The van der Waals surface area contributed by atoms with Gasteiger partial charge in [0.15, 0.2) is 0 Å². The SMILES string of the molecule is Cc1ccc(Nc2c3c(=O)n(C4CC4)c(=O)n(-c4cccc(NC(=O)NC5CC5)c4)c3c(C)c(=O)n2C)c(F)c1. The fourth-order valence-corrected chi connectivity index (χ4v) is 5.01. The van der Waals surface area contributed by atoms with E-state index in [1.165, 1.54) is 32.9 Å². The second-order valence-electron chi connectivity index (χ2n) is 10.6. The Hall–Kier alpha value is -4.67. The molecule has 0 saturated heterocycles. The van der Waals surface area contributed by atoms with Crippen molar-refractivity contribution in [2.24, 2.45) is 7.05 Å². The number of carbonyl (C=O) groups excluding carboxylic acids is 1. The molecule has 10 nitrogen and oxygen atoms in total. The third-order valence-electron chi connectivity index (χ3n) is 7.41. The Morgan fingerprint density at radius 3 is 2.40 bits per heavy atom. The molecule has 0 aliphatic heterocycles. The first-order valence-corrected chi connectivity index (χ1v) is 13.3. The zero-order chi connectivity index (χ0) is 28.3. The summed E-state index contributed by atoms with van der Waals surface area (Å²) in [6.45, 7) is 3.32. The number of benzene rings is 2. The van der Waals surface area contributed by atoms with Gasteiger partial charge in [-0.1, -0.05) is 12.1 Å². The summed E-state index contributed by atoms with van der Waals surface area (Å²) < 4.78 is 18.7. The Morgan fingerprint density at radius 1 is 0.975 bits per heavy atom. The first-order valence-electron chi connectivity index (χ1n) is 13.3. The molecule has 11 heteroatoms. The average Bonchev–Trinajstić information content (AvgIpc) is 3.84. The van der Waals surface area contributed by atoms with E-state index in [2.05, 4.69) is 16.0 Å². The highest BCUT2D eigenvalue weighted by Gasteiger charge is 2.32. The number of amides is 2. The summed E-state index contributed by atoms with van der Waals surface area (Å²) in [5.41, 5.74) is 0.368. The molecule has 206 valence electrons. The molecule has 2 aliphatic rings. The van der Waals surface area contributed by atoms with Gasteiger partial charge in [0.25, 0.3) is 11.1 Å². The van der Waals surface area contributed by atoms with Gasteiger partial charge in [-0.15, -0.1) is 0 Å². The number of hydrogen-bond donors (Lipinski definition) is 3. The zero-order valence-electron chi connectivity index (χ0n) is 22.4.